The van der Waals surface area contributed by atoms with Crippen molar-refractivity contribution >= 4 is 39.5 Å². The lowest BCUT2D eigenvalue weighted by Crippen LogP contribution is -2.30. The van der Waals surface area contributed by atoms with E-state index < -0.39 is 97.5 Å². The maximum Gasteiger partial charge on any atom is 0.472 e. The van der Waals surface area contributed by atoms with Gasteiger partial charge in [-0.3, -0.25) is 37.3 Å². The molecule has 0 rings (SSSR count). The topological polar surface area (TPSA) is 237 Å². The summed E-state index contributed by atoms with van der Waals surface area (Å²) in [6, 6.07) is 0. The molecule has 0 aromatic carbocycles. The van der Waals surface area contributed by atoms with E-state index in [1.54, 1.807) is 0 Å². The van der Waals surface area contributed by atoms with Gasteiger partial charge in [0, 0.05) is 25.7 Å². The number of aliphatic hydroxyl groups excluding tert-OH is 1. The highest BCUT2D eigenvalue weighted by Gasteiger charge is 2.30. The van der Waals surface area contributed by atoms with E-state index >= 15 is 0 Å². The van der Waals surface area contributed by atoms with E-state index in [9.17, 15) is 43.2 Å². The highest BCUT2D eigenvalue weighted by molar-refractivity contribution is 7.47. The van der Waals surface area contributed by atoms with E-state index in [0.29, 0.717) is 37.5 Å². The zero-order valence-corrected chi connectivity index (χ0v) is 59.1. The Hall–Kier alpha value is -1.94. The highest BCUT2D eigenvalue weighted by Crippen LogP contribution is 2.45. The fraction of sp³-hybridized carbons (Fsp3) is 0.942. The van der Waals surface area contributed by atoms with Gasteiger partial charge in [0.25, 0.3) is 0 Å². The Morgan fingerprint density at radius 2 is 0.545 bits per heavy atom. The van der Waals surface area contributed by atoms with Crippen LogP contribution < -0.4 is 0 Å². The molecule has 0 aromatic rings. The van der Waals surface area contributed by atoms with Crippen LogP contribution in [0.15, 0.2) is 0 Å². The second-order valence-electron chi connectivity index (χ2n) is 26.6. The molecule has 0 aromatic heterocycles. The number of rotatable bonds is 66. The van der Waals surface area contributed by atoms with Crippen molar-refractivity contribution in [3.8, 4) is 0 Å². The number of esters is 4. The Labute approximate surface area is 537 Å². The van der Waals surface area contributed by atoms with Crippen LogP contribution in [0.2, 0.25) is 0 Å². The summed E-state index contributed by atoms with van der Waals surface area (Å²) in [5.74, 6) is 0.792. The first kappa shape index (κ1) is 86.1. The molecule has 0 fully saturated rings. The molecule has 88 heavy (non-hydrogen) atoms. The maximum absolute atomic E-state index is 13.0. The van der Waals surface area contributed by atoms with Crippen LogP contribution in [0.4, 0.5) is 0 Å². The SMILES string of the molecule is CCC(C)CCCCCCCCCCC(=O)OC[C@H](COP(=O)(O)OCC(O)COP(=O)(O)OC[C@@H](COC(=O)CCCCCCCCC(C)C)OC(=O)CCCCCCCCCCCCCCCCCC(C)C)OC(=O)CCCCCCCCC(C)C. The average Bonchev–Trinajstić information content (AvgIpc) is 3.58. The zero-order valence-electron chi connectivity index (χ0n) is 57.3. The van der Waals surface area contributed by atoms with Crippen molar-refractivity contribution < 1.29 is 80.2 Å². The van der Waals surface area contributed by atoms with Gasteiger partial charge in [0.1, 0.15) is 19.3 Å². The Kier molecular flexibility index (Phi) is 57.6. The van der Waals surface area contributed by atoms with Crippen LogP contribution in [0.25, 0.3) is 0 Å². The summed E-state index contributed by atoms with van der Waals surface area (Å²) in [7, 11) is -9.90. The maximum atomic E-state index is 13.0. The summed E-state index contributed by atoms with van der Waals surface area (Å²) in [6.45, 7) is 14.0. The van der Waals surface area contributed by atoms with Crippen LogP contribution in [-0.4, -0.2) is 96.7 Å². The van der Waals surface area contributed by atoms with Crippen molar-refractivity contribution in [1.82, 2.24) is 0 Å². The quantitative estimate of drug-likeness (QED) is 0.0222. The first-order chi connectivity index (χ1) is 42.1. The van der Waals surface area contributed by atoms with Gasteiger partial charge in [0.05, 0.1) is 26.4 Å². The summed E-state index contributed by atoms with van der Waals surface area (Å²) >= 11 is 0. The third-order valence-electron chi connectivity index (χ3n) is 16.2. The van der Waals surface area contributed by atoms with E-state index in [1.165, 1.54) is 135 Å². The number of phosphoric acid groups is 2. The van der Waals surface area contributed by atoms with Crippen molar-refractivity contribution in [1.29, 1.82) is 0 Å². The molecule has 6 atom stereocenters. The molecule has 0 radical (unpaired) electrons. The normalized spacial score (nSPS) is 14.6. The van der Waals surface area contributed by atoms with Gasteiger partial charge in [-0.2, -0.15) is 0 Å². The van der Waals surface area contributed by atoms with E-state index in [4.69, 9.17) is 37.0 Å². The first-order valence-electron chi connectivity index (χ1n) is 35.7. The molecule has 0 spiro atoms. The number of hydrogen-bond donors (Lipinski definition) is 3. The number of carbonyl (C=O) groups excluding carboxylic acids is 4. The number of carbonyl (C=O) groups is 4. The molecule has 522 valence electrons. The van der Waals surface area contributed by atoms with Crippen LogP contribution in [-0.2, 0) is 65.4 Å². The highest BCUT2D eigenvalue weighted by atomic mass is 31.2. The summed E-state index contributed by atoms with van der Waals surface area (Å²) in [5.41, 5.74) is 0. The minimum absolute atomic E-state index is 0.101. The number of ether oxygens (including phenoxy) is 4. The lowest BCUT2D eigenvalue weighted by atomic mass is 9.99. The number of phosphoric ester groups is 2. The molecule has 0 saturated heterocycles. The zero-order chi connectivity index (χ0) is 65.4. The second-order valence-corrected chi connectivity index (χ2v) is 29.5. The predicted octanol–water partition coefficient (Wildman–Crippen LogP) is 19.3. The summed E-state index contributed by atoms with van der Waals surface area (Å²) in [5, 5.41) is 10.6. The van der Waals surface area contributed by atoms with E-state index in [2.05, 4.69) is 55.4 Å². The molecule has 19 heteroatoms. The average molecular weight is 1300 g/mol. The second kappa shape index (κ2) is 58.8. The molecule has 0 aliphatic rings. The monoisotopic (exact) mass is 1300 g/mol. The van der Waals surface area contributed by atoms with Gasteiger partial charge in [-0.25, -0.2) is 9.13 Å². The predicted molar refractivity (Wildman–Crippen MR) is 354 cm³/mol. The fourth-order valence-corrected chi connectivity index (χ4v) is 11.9. The Bertz CT molecular complexity index is 1750. The number of aliphatic hydroxyl groups is 1. The van der Waals surface area contributed by atoms with Crippen LogP contribution in [0.1, 0.15) is 338 Å². The van der Waals surface area contributed by atoms with Crippen LogP contribution >= 0.6 is 15.6 Å². The Morgan fingerprint density at radius 3 is 0.807 bits per heavy atom. The lowest BCUT2D eigenvalue weighted by Gasteiger charge is -2.21. The van der Waals surface area contributed by atoms with Gasteiger partial charge in [-0.15, -0.1) is 0 Å². The third kappa shape index (κ3) is 61.6. The first-order valence-corrected chi connectivity index (χ1v) is 38.7. The van der Waals surface area contributed by atoms with Gasteiger partial charge in [0.15, 0.2) is 12.2 Å². The number of hydrogen-bond acceptors (Lipinski definition) is 15. The summed E-state index contributed by atoms with van der Waals surface area (Å²) < 4.78 is 68.1. The van der Waals surface area contributed by atoms with Crippen LogP contribution in [0.3, 0.4) is 0 Å². The molecule has 4 unspecified atom stereocenters. The van der Waals surface area contributed by atoms with E-state index in [-0.39, 0.29) is 25.7 Å². The molecule has 0 bridgehead atoms. The van der Waals surface area contributed by atoms with Gasteiger partial charge in [-0.05, 0) is 49.4 Å². The fourth-order valence-electron chi connectivity index (χ4n) is 10.3. The summed E-state index contributed by atoms with van der Waals surface area (Å²) in [4.78, 5) is 72.4. The minimum atomic E-state index is -4.95. The van der Waals surface area contributed by atoms with Crippen molar-refractivity contribution in [3.05, 3.63) is 0 Å². The number of unbranched alkanes of at least 4 members (excludes halogenated alkanes) is 31. The third-order valence-corrected chi connectivity index (χ3v) is 18.1. The Morgan fingerprint density at radius 1 is 0.318 bits per heavy atom. The van der Waals surface area contributed by atoms with Gasteiger partial charge < -0.3 is 33.8 Å². The van der Waals surface area contributed by atoms with Crippen molar-refractivity contribution in [3.63, 3.8) is 0 Å². The van der Waals surface area contributed by atoms with E-state index in [0.717, 1.165) is 108 Å². The smallest absolute Gasteiger partial charge is 0.462 e. The standard InChI is InChI=1S/C69H134O17P2/c1-9-62(8)48-40-32-22-19-20-23-33-41-49-66(71)79-55-65(86-69(74)52-44-36-28-26-31-39-47-61(6)7)58-84-88(77,78)82-54-63(70)53-81-87(75,76)83-57-64(56-80-67(72)50-42-34-27-25-30-38-46-60(4)5)85-68(73)51-43-35-24-18-16-14-12-10-11-13-15-17-21-29-37-45-59(2)3/h59-65,70H,9-58H2,1-8H3,(H,75,76)(H,77,78)/t62?,63?,64-,65-/m1/s1. The Balaban J connectivity index is 5.19. The van der Waals surface area contributed by atoms with Crippen molar-refractivity contribution in [2.45, 2.75) is 356 Å². The van der Waals surface area contributed by atoms with Gasteiger partial charge >= 0.3 is 39.5 Å². The molecule has 0 aliphatic carbocycles. The summed E-state index contributed by atoms with van der Waals surface area (Å²) in [6.07, 6.45) is 40.6. The molecule has 0 amide bonds. The molecule has 17 nitrogen and oxygen atoms in total. The van der Waals surface area contributed by atoms with E-state index in [1.807, 2.05) is 0 Å². The van der Waals surface area contributed by atoms with Gasteiger partial charge in [0.2, 0.25) is 0 Å². The molecule has 0 saturated carbocycles. The minimum Gasteiger partial charge on any atom is -0.462 e. The lowest BCUT2D eigenvalue weighted by molar-refractivity contribution is -0.161. The molecular weight excluding hydrogens is 1160 g/mol. The van der Waals surface area contributed by atoms with Crippen molar-refractivity contribution in [2.24, 2.45) is 23.7 Å². The van der Waals surface area contributed by atoms with Crippen LogP contribution in [0, 0.1) is 23.7 Å². The van der Waals surface area contributed by atoms with Crippen molar-refractivity contribution in [2.75, 3.05) is 39.6 Å². The molecule has 0 heterocycles. The molecule has 0 aliphatic heterocycles. The van der Waals surface area contributed by atoms with Crippen LogP contribution in [0.5, 0.6) is 0 Å². The molecular formula is C69H134O17P2. The largest absolute Gasteiger partial charge is 0.472 e. The molecule has 3 N–H and O–H groups in total. The van der Waals surface area contributed by atoms with Gasteiger partial charge in [-0.1, -0.05) is 287 Å².